The molecule has 2 heterocycles. The van der Waals surface area contributed by atoms with Gasteiger partial charge in [0, 0.05) is 33.7 Å². The molecule has 0 aliphatic rings. The lowest BCUT2D eigenvalue weighted by atomic mass is 9.94. The lowest BCUT2D eigenvalue weighted by molar-refractivity contribution is 1.07. The van der Waals surface area contributed by atoms with E-state index in [1.807, 2.05) is 24.4 Å². The van der Waals surface area contributed by atoms with Gasteiger partial charge in [-0.3, -0.25) is 4.98 Å². The quantitative estimate of drug-likeness (QED) is 0.154. The molecule has 0 spiro atoms. The number of rotatable bonds is 7. The summed E-state index contributed by atoms with van der Waals surface area (Å²) >= 11 is 0. The second-order valence-electron chi connectivity index (χ2n) is 13.9. The minimum absolute atomic E-state index is 0.629. The van der Waals surface area contributed by atoms with Crippen molar-refractivity contribution >= 4 is 21.7 Å². The van der Waals surface area contributed by atoms with Crippen molar-refractivity contribution < 1.29 is 0 Å². The van der Waals surface area contributed by atoms with Crippen LogP contribution < -0.4 is 0 Å². The molecule has 8 aromatic carbocycles. The Morgan fingerprint density at radius 2 is 0.625 bits per heavy atom. The van der Waals surface area contributed by atoms with Crippen LogP contribution in [0, 0.1) is 0 Å². The molecule has 10 aromatic rings. The molecule has 4 heteroatoms. The predicted molar refractivity (Wildman–Crippen MR) is 231 cm³/mol. The first-order chi connectivity index (χ1) is 27.7. The van der Waals surface area contributed by atoms with Crippen LogP contribution in [0.25, 0.3) is 100 Å². The van der Waals surface area contributed by atoms with E-state index in [1.165, 1.54) is 33.0 Å². The van der Waals surface area contributed by atoms with Gasteiger partial charge in [0.15, 0.2) is 17.5 Å². The van der Waals surface area contributed by atoms with Crippen molar-refractivity contribution in [3.63, 3.8) is 0 Å². The highest BCUT2D eigenvalue weighted by Crippen LogP contribution is 2.36. The smallest absolute Gasteiger partial charge is 0.164 e. The van der Waals surface area contributed by atoms with Crippen LogP contribution in [0.4, 0.5) is 0 Å². The van der Waals surface area contributed by atoms with Crippen LogP contribution in [0.1, 0.15) is 0 Å². The third-order valence-electron chi connectivity index (χ3n) is 10.4. The maximum atomic E-state index is 5.03. The highest BCUT2D eigenvalue weighted by molar-refractivity contribution is 6.12. The fourth-order valence-electron chi connectivity index (χ4n) is 7.46. The first-order valence-electron chi connectivity index (χ1n) is 18.8. The average Bonchev–Trinajstić information content (AvgIpc) is 3.29. The Balaban J connectivity index is 0.987. The van der Waals surface area contributed by atoms with Crippen molar-refractivity contribution in [1.82, 2.24) is 19.9 Å². The van der Waals surface area contributed by atoms with Crippen LogP contribution in [-0.2, 0) is 0 Å². The normalized spacial score (nSPS) is 11.2. The van der Waals surface area contributed by atoms with E-state index in [0.29, 0.717) is 17.5 Å². The van der Waals surface area contributed by atoms with E-state index in [-0.39, 0.29) is 0 Å². The van der Waals surface area contributed by atoms with Gasteiger partial charge in [-0.1, -0.05) is 188 Å². The number of pyridine rings is 1. The largest absolute Gasteiger partial charge is 0.256 e. The van der Waals surface area contributed by atoms with Crippen molar-refractivity contribution in [1.29, 1.82) is 0 Å². The fourth-order valence-corrected chi connectivity index (χ4v) is 7.46. The molecule has 0 aliphatic carbocycles. The summed E-state index contributed by atoms with van der Waals surface area (Å²) in [6.45, 7) is 0. The molecule has 0 amide bonds. The second-order valence-corrected chi connectivity index (χ2v) is 13.9. The van der Waals surface area contributed by atoms with Gasteiger partial charge in [0.1, 0.15) is 0 Å². The molecule has 10 rings (SSSR count). The molecule has 262 valence electrons. The highest BCUT2D eigenvalue weighted by atomic mass is 15.0. The van der Waals surface area contributed by atoms with Crippen LogP contribution in [0.3, 0.4) is 0 Å². The van der Waals surface area contributed by atoms with Crippen molar-refractivity contribution in [2.45, 2.75) is 0 Å². The van der Waals surface area contributed by atoms with E-state index >= 15 is 0 Å². The SMILES string of the molecule is c1ccc(-c2ccc(-c3nc(-c4ccc(-c5ccccc5)cc4)nc(-c4ccc(-c5ccc(-c6cc7cccnc7c7ccccc67)cc5)cc4)n3)cc2)cc1. The zero-order valence-electron chi connectivity index (χ0n) is 30.4. The van der Waals surface area contributed by atoms with Gasteiger partial charge in [-0.15, -0.1) is 0 Å². The number of fused-ring (bicyclic) bond motifs is 3. The molecule has 0 saturated heterocycles. The standard InChI is InChI=1S/C52H34N4/c1-3-10-35(11-4-1)37-19-27-42(28-20-37)50-54-51(43-29-21-38(22-30-43)36-12-5-2-6-13-36)56-52(55-50)44-31-23-40(24-32-44)39-17-25-41(26-18-39)48-34-45-14-9-33-53-49(45)47-16-8-7-15-46(47)48/h1-34H. The van der Waals surface area contributed by atoms with Gasteiger partial charge < -0.3 is 0 Å². The lowest BCUT2D eigenvalue weighted by Crippen LogP contribution is -2.00. The Hall–Kier alpha value is -7.56. The molecule has 56 heavy (non-hydrogen) atoms. The number of hydrogen-bond acceptors (Lipinski definition) is 4. The van der Waals surface area contributed by atoms with Crippen molar-refractivity contribution in [2.75, 3.05) is 0 Å². The summed E-state index contributed by atoms with van der Waals surface area (Å²) in [5, 5.41) is 3.50. The van der Waals surface area contributed by atoms with Crippen LogP contribution >= 0.6 is 0 Å². The van der Waals surface area contributed by atoms with Gasteiger partial charge >= 0.3 is 0 Å². The van der Waals surface area contributed by atoms with Gasteiger partial charge in [-0.2, -0.15) is 0 Å². The average molecular weight is 715 g/mol. The summed E-state index contributed by atoms with van der Waals surface area (Å²) in [5.41, 5.74) is 13.1. The molecule has 4 nitrogen and oxygen atoms in total. The van der Waals surface area contributed by atoms with E-state index < -0.39 is 0 Å². The highest BCUT2D eigenvalue weighted by Gasteiger charge is 2.14. The molecule has 0 saturated carbocycles. The van der Waals surface area contributed by atoms with E-state index in [9.17, 15) is 0 Å². The van der Waals surface area contributed by atoms with Crippen molar-refractivity contribution in [2.24, 2.45) is 0 Å². The minimum Gasteiger partial charge on any atom is -0.256 e. The topological polar surface area (TPSA) is 51.6 Å². The molecule has 2 aromatic heterocycles. The number of benzene rings is 8. The Labute approximate surface area is 325 Å². The molecule has 0 radical (unpaired) electrons. The number of aromatic nitrogens is 4. The Bertz CT molecular complexity index is 2860. The molecule has 0 unspecified atom stereocenters. The Morgan fingerprint density at radius 1 is 0.268 bits per heavy atom. The minimum atomic E-state index is 0.629. The first-order valence-corrected chi connectivity index (χ1v) is 18.8. The summed E-state index contributed by atoms with van der Waals surface area (Å²) in [7, 11) is 0. The first kappa shape index (κ1) is 33.0. The molecule has 0 N–H and O–H groups in total. The Morgan fingerprint density at radius 3 is 1.07 bits per heavy atom. The lowest BCUT2D eigenvalue weighted by Gasteiger charge is -2.12. The van der Waals surface area contributed by atoms with Gasteiger partial charge in [-0.05, 0) is 62.0 Å². The second kappa shape index (κ2) is 14.3. The third-order valence-corrected chi connectivity index (χ3v) is 10.4. The molecule has 0 fully saturated rings. The summed E-state index contributed by atoms with van der Waals surface area (Å²) < 4.78 is 0. The molecule has 0 atom stereocenters. The van der Waals surface area contributed by atoms with Gasteiger partial charge in [0.2, 0.25) is 0 Å². The summed E-state index contributed by atoms with van der Waals surface area (Å²) in [6.07, 6.45) is 1.86. The van der Waals surface area contributed by atoms with E-state index in [2.05, 4.69) is 187 Å². The molecular weight excluding hydrogens is 681 g/mol. The zero-order chi connectivity index (χ0) is 37.3. The predicted octanol–water partition coefficient (Wildman–Crippen LogP) is 13.2. The van der Waals surface area contributed by atoms with Crippen LogP contribution in [0.2, 0.25) is 0 Å². The van der Waals surface area contributed by atoms with Crippen LogP contribution in [-0.4, -0.2) is 19.9 Å². The van der Waals surface area contributed by atoms with Crippen LogP contribution in [0.15, 0.2) is 206 Å². The van der Waals surface area contributed by atoms with Crippen molar-refractivity contribution in [3.05, 3.63) is 206 Å². The Kier molecular flexibility index (Phi) is 8.47. The number of nitrogens with zero attached hydrogens (tertiary/aromatic N) is 4. The van der Waals surface area contributed by atoms with Crippen LogP contribution in [0.5, 0.6) is 0 Å². The maximum absolute atomic E-state index is 5.03. The zero-order valence-corrected chi connectivity index (χ0v) is 30.4. The van der Waals surface area contributed by atoms with E-state index in [0.717, 1.165) is 49.8 Å². The number of hydrogen-bond donors (Lipinski definition) is 0. The van der Waals surface area contributed by atoms with E-state index in [4.69, 9.17) is 15.0 Å². The monoisotopic (exact) mass is 714 g/mol. The molecule has 0 aliphatic heterocycles. The summed E-state index contributed by atoms with van der Waals surface area (Å²) in [6, 6.07) is 69.9. The van der Waals surface area contributed by atoms with Gasteiger partial charge in [0.05, 0.1) is 5.52 Å². The maximum Gasteiger partial charge on any atom is 0.164 e. The summed E-state index contributed by atoms with van der Waals surface area (Å²) in [5.74, 6) is 1.89. The molecular formula is C52H34N4. The van der Waals surface area contributed by atoms with Crippen molar-refractivity contribution in [3.8, 4) is 78.7 Å². The molecule has 0 bridgehead atoms. The van der Waals surface area contributed by atoms with Gasteiger partial charge in [-0.25, -0.2) is 15.0 Å². The summed E-state index contributed by atoms with van der Waals surface area (Å²) in [4.78, 5) is 19.8. The van der Waals surface area contributed by atoms with E-state index in [1.54, 1.807) is 0 Å². The third kappa shape index (κ3) is 6.40. The fraction of sp³-hybridized carbons (Fsp3) is 0. The van der Waals surface area contributed by atoms with Gasteiger partial charge in [0.25, 0.3) is 0 Å².